The molecule has 98 valence electrons. The van der Waals surface area contributed by atoms with Gasteiger partial charge in [0.2, 0.25) is 5.79 Å². The van der Waals surface area contributed by atoms with Crippen molar-refractivity contribution >= 4 is 0 Å². The maximum absolute atomic E-state index is 5.75. The number of hydrogen-bond acceptors (Lipinski definition) is 2. The van der Waals surface area contributed by atoms with Gasteiger partial charge in [0.15, 0.2) is 0 Å². The predicted molar refractivity (Wildman–Crippen MR) is 75.7 cm³/mol. The molecule has 0 saturated carbocycles. The number of benzene rings is 2. The average Bonchev–Trinajstić information content (AvgIpc) is 3.03. The number of methoxy groups -OCH3 is 1. The summed E-state index contributed by atoms with van der Waals surface area (Å²) in [5, 5.41) is 0. The molecule has 1 heterocycles. The number of rotatable bonds is 3. The van der Waals surface area contributed by atoms with Gasteiger partial charge in [-0.2, -0.15) is 0 Å². The highest BCUT2D eigenvalue weighted by atomic mass is 16.8. The molecule has 3 rings (SSSR count). The summed E-state index contributed by atoms with van der Waals surface area (Å²) in [5.74, 6) is -0.581. The van der Waals surface area contributed by atoms with Crippen LogP contribution < -0.4 is 0 Å². The van der Waals surface area contributed by atoms with E-state index in [0.29, 0.717) is 0 Å². The molecular formula is C17H18O2. The van der Waals surface area contributed by atoms with Crippen LogP contribution >= 0.6 is 0 Å². The molecule has 2 nitrogen and oxygen atoms in total. The van der Waals surface area contributed by atoms with Gasteiger partial charge in [-0.05, 0) is 25.0 Å². The molecular weight excluding hydrogens is 236 g/mol. The van der Waals surface area contributed by atoms with E-state index >= 15 is 0 Å². The van der Waals surface area contributed by atoms with Crippen LogP contribution in [0.25, 0.3) is 11.1 Å². The molecule has 2 aromatic carbocycles. The lowest BCUT2D eigenvalue weighted by Crippen LogP contribution is -2.20. The topological polar surface area (TPSA) is 21.8 Å². The van der Waals surface area contributed by atoms with E-state index in [4.69, 9.17) is 9.47 Å². The molecule has 0 spiro atoms. The van der Waals surface area contributed by atoms with Crippen molar-refractivity contribution in [1.29, 1.82) is 0 Å². The fourth-order valence-electron chi connectivity index (χ4n) is 2.66. The smallest absolute Gasteiger partial charge is 0.225 e. The zero-order valence-corrected chi connectivity index (χ0v) is 11.5. The van der Waals surface area contributed by atoms with Crippen LogP contribution in [0.4, 0.5) is 0 Å². The van der Waals surface area contributed by atoms with Crippen molar-refractivity contribution < 1.29 is 9.47 Å². The second kappa shape index (κ2) is 4.19. The monoisotopic (exact) mass is 254 g/mol. The standard InChI is InChI=1S/C17H18O2/c1-16(2)17(18-3,19-16)15-11-9-14(10-12-15)13-7-5-4-6-8-13/h4-12H,1-3H3. The van der Waals surface area contributed by atoms with E-state index < -0.39 is 5.79 Å². The van der Waals surface area contributed by atoms with E-state index in [2.05, 4.69) is 36.4 Å². The molecule has 0 radical (unpaired) electrons. The molecule has 2 aromatic rings. The quantitative estimate of drug-likeness (QED) is 0.773. The first-order valence-corrected chi connectivity index (χ1v) is 6.50. The third-order valence-electron chi connectivity index (χ3n) is 3.81. The van der Waals surface area contributed by atoms with Crippen LogP contribution in [0.15, 0.2) is 54.6 Å². The minimum absolute atomic E-state index is 0.254. The Morgan fingerprint density at radius 3 is 1.84 bits per heavy atom. The molecule has 1 atom stereocenters. The Kier molecular flexibility index (Phi) is 2.73. The van der Waals surface area contributed by atoms with Gasteiger partial charge in [0, 0.05) is 12.7 Å². The third-order valence-corrected chi connectivity index (χ3v) is 3.81. The molecule has 1 aliphatic rings. The van der Waals surface area contributed by atoms with Crippen LogP contribution in [0.1, 0.15) is 19.4 Å². The zero-order valence-electron chi connectivity index (χ0n) is 11.5. The molecule has 1 unspecified atom stereocenters. The van der Waals surface area contributed by atoms with E-state index in [9.17, 15) is 0 Å². The summed E-state index contributed by atoms with van der Waals surface area (Å²) in [5.41, 5.74) is 3.24. The average molecular weight is 254 g/mol. The van der Waals surface area contributed by atoms with Gasteiger partial charge < -0.3 is 9.47 Å². The Morgan fingerprint density at radius 2 is 1.37 bits per heavy atom. The van der Waals surface area contributed by atoms with Crippen LogP contribution in [0, 0.1) is 0 Å². The van der Waals surface area contributed by atoms with Crippen molar-refractivity contribution in [2.24, 2.45) is 0 Å². The molecule has 0 aliphatic carbocycles. The fraction of sp³-hybridized carbons (Fsp3) is 0.294. The predicted octanol–water partition coefficient (Wildman–Crippen LogP) is 3.96. The first-order chi connectivity index (χ1) is 9.09. The van der Waals surface area contributed by atoms with Gasteiger partial charge in [0.1, 0.15) is 5.60 Å². The minimum atomic E-state index is -0.581. The number of epoxide rings is 1. The summed E-state index contributed by atoms with van der Waals surface area (Å²) in [6, 6.07) is 18.7. The molecule has 1 fully saturated rings. The van der Waals surface area contributed by atoms with E-state index in [1.54, 1.807) is 7.11 Å². The Bertz CT molecular complexity index is 572. The molecule has 2 heteroatoms. The SMILES string of the molecule is COC1(c2ccc(-c3ccccc3)cc2)OC1(C)C. The lowest BCUT2D eigenvalue weighted by atomic mass is 9.96. The highest BCUT2D eigenvalue weighted by Crippen LogP contribution is 2.55. The lowest BCUT2D eigenvalue weighted by molar-refractivity contribution is -0.0147. The van der Waals surface area contributed by atoms with Crippen molar-refractivity contribution in [1.82, 2.24) is 0 Å². The molecule has 19 heavy (non-hydrogen) atoms. The van der Waals surface area contributed by atoms with Crippen LogP contribution in [0.5, 0.6) is 0 Å². The molecule has 0 bridgehead atoms. The van der Waals surface area contributed by atoms with E-state index in [0.717, 1.165) is 5.56 Å². The first-order valence-electron chi connectivity index (χ1n) is 6.50. The van der Waals surface area contributed by atoms with Crippen molar-refractivity contribution in [3.05, 3.63) is 60.2 Å². The van der Waals surface area contributed by atoms with Gasteiger partial charge in [-0.1, -0.05) is 54.6 Å². The summed E-state index contributed by atoms with van der Waals surface area (Å²) in [7, 11) is 1.69. The van der Waals surface area contributed by atoms with Crippen LogP contribution in [-0.2, 0) is 15.3 Å². The van der Waals surface area contributed by atoms with Crippen molar-refractivity contribution in [2.75, 3.05) is 7.11 Å². The third kappa shape index (κ3) is 1.88. The summed E-state index contributed by atoms with van der Waals surface area (Å²) in [4.78, 5) is 0. The van der Waals surface area contributed by atoms with Gasteiger partial charge in [0.25, 0.3) is 0 Å². The molecule has 1 aliphatic heterocycles. The van der Waals surface area contributed by atoms with E-state index in [-0.39, 0.29) is 5.60 Å². The van der Waals surface area contributed by atoms with Gasteiger partial charge in [0.05, 0.1) is 0 Å². The van der Waals surface area contributed by atoms with Crippen molar-refractivity contribution in [3.63, 3.8) is 0 Å². The highest BCUT2D eigenvalue weighted by Gasteiger charge is 2.66. The summed E-state index contributed by atoms with van der Waals surface area (Å²) < 4.78 is 11.3. The van der Waals surface area contributed by atoms with Crippen LogP contribution in [0.2, 0.25) is 0 Å². The fourth-order valence-corrected chi connectivity index (χ4v) is 2.66. The first kappa shape index (κ1) is 12.4. The van der Waals surface area contributed by atoms with Gasteiger partial charge >= 0.3 is 0 Å². The minimum Gasteiger partial charge on any atom is -0.347 e. The largest absolute Gasteiger partial charge is 0.347 e. The van der Waals surface area contributed by atoms with Gasteiger partial charge in [-0.15, -0.1) is 0 Å². The Morgan fingerprint density at radius 1 is 0.842 bits per heavy atom. The molecule has 0 aromatic heterocycles. The van der Waals surface area contributed by atoms with Gasteiger partial charge in [-0.3, -0.25) is 0 Å². The highest BCUT2D eigenvalue weighted by molar-refractivity contribution is 5.63. The lowest BCUT2D eigenvalue weighted by Gasteiger charge is -2.14. The zero-order chi connectivity index (χ0) is 13.5. The maximum atomic E-state index is 5.75. The molecule has 0 N–H and O–H groups in total. The van der Waals surface area contributed by atoms with Crippen molar-refractivity contribution in [2.45, 2.75) is 25.2 Å². The van der Waals surface area contributed by atoms with Crippen LogP contribution in [0.3, 0.4) is 0 Å². The number of hydrogen-bond donors (Lipinski definition) is 0. The molecule has 0 amide bonds. The summed E-state index contributed by atoms with van der Waals surface area (Å²) in [6.45, 7) is 4.09. The summed E-state index contributed by atoms with van der Waals surface area (Å²) in [6.07, 6.45) is 0. The Balaban J connectivity index is 1.93. The van der Waals surface area contributed by atoms with Crippen molar-refractivity contribution in [3.8, 4) is 11.1 Å². The number of ether oxygens (including phenoxy) is 2. The maximum Gasteiger partial charge on any atom is 0.225 e. The second-order valence-corrected chi connectivity index (χ2v) is 5.38. The second-order valence-electron chi connectivity index (χ2n) is 5.38. The normalized spacial score (nSPS) is 24.2. The van der Waals surface area contributed by atoms with E-state index in [1.165, 1.54) is 11.1 Å². The van der Waals surface area contributed by atoms with Crippen LogP contribution in [-0.4, -0.2) is 12.7 Å². The van der Waals surface area contributed by atoms with Gasteiger partial charge in [-0.25, -0.2) is 0 Å². The van der Waals surface area contributed by atoms with E-state index in [1.807, 2.05) is 32.0 Å². The Labute approximate surface area is 114 Å². The summed E-state index contributed by atoms with van der Waals surface area (Å²) >= 11 is 0. The Hall–Kier alpha value is -1.64. The molecule has 1 saturated heterocycles.